The molecule has 1 aromatic carbocycles. The van der Waals surface area contributed by atoms with Gasteiger partial charge >= 0.3 is 5.97 Å². The predicted molar refractivity (Wildman–Crippen MR) is 119 cm³/mol. The van der Waals surface area contributed by atoms with Crippen LogP contribution in [0.3, 0.4) is 0 Å². The first-order chi connectivity index (χ1) is 15.6. The molecule has 0 aromatic heterocycles. The summed E-state index contributed by atoms with van der Waals surface area (Å²) in [6.45, 7) is 4.83. The number of hydrogen-bond acceptors (Lipinski definition) is 5. The Hall–Kier alpha value is -1.50. The summed E-state index contributed by atoms with van der Waals surface area (Å²) in [6, 6.07) is 5.51. The predicted octanol–water partition coefficient (Wildman–Crippen LogP) is 4.31. The molecule has 5 fully saturated rings. The van der Waals surface area contributed by atoms with Gasteiger partial charge in [-0.1, -0.05) is 0 Å². The van der Waals surface area contributed by atoms with E-state index in [1.807, 2.05) is 0 Å². The number of nitrogens with zero attached hydrogens (tertiary/aromatic N) is 1. The minimum absolute atomic E-state index is 0.345. The van der Waals surface area contributed by atoms with E-state index >= 15 is 0 Å². The number of halogens is 1. The molecule has 1 saturated heterocycles. The van der Waals surface area contributed by atoms with Gasteiger partial charge in [0.15, 0.2) is 0 Å². The van der Waals surface area contributed by atoms with Gasteiger partial charge in [0, 0.05) is 26.2 Å². The maximum atomic E-state index is 13.2. The molecule has 1 aliphatic heterocycles. The van der Waals surface area contributed by atoms with Crippen LogP contribution >= 0.6 is 0 Å². The number of hydrogen-bond donors (Lipinski definition) is 0. The molecule has 176 valence electrons. The summed E-state index contributed by atoms with van der Waals surface area (Å²) >= 11 is 0. The van der Waals surface area contributed by atoms with E-state index in [-0.39, 0.29) is 11.9 Å². The number of carbonyl (C=O) groups excluding carboxylic acids is 1. The Bertz CT molecular complexity index is 741. The number of benzene rings is 1. The first kappa shape index (κ1) is 22.3. The second-order valence-electron chi connectivity index (χ2n) is 10.7. The lowest BCUT2D eigenvalue weighted by Gasteiger charge is -2.57. The van der Waals surface area contributed by atoms with Crippen LogP contribution in [0.2, 0.25) is 0 Å². The van der Waals surface area contributed by atoms with Crippen LogP contribution in [0.25, 0.3) is 0 Å². The summed E-state index contributed by atoms with van der Waals surface area (Å²) in [5.74, 6) is 2.07. The molecular weight excluding hydrogens is 409 g/mol. The molecule has 0 unspecified atom stereocenters. The van der Waals surface area contributed by atoms with Crippen molar-refractivity contribution in [3.05, 3.63) is 35.6 Å². The highest BCUT2D eigenvalue weighted by molar-refractivity contribution is 5.89. The molecule has 0 amide bonds. The zero-order valence-electron chi connectivity index (χ0n) is 19.0. The van der Waals surface area contributed by atoms with Gasteiger partial charge < -0.3 is 14.2 Å². The van der Waals surface area contributed by atoms with Crippen LogP contribution < -0.4 is 0 Å². The molecule has 0 radical (unpaired) electrons. The Morgan fingerprint density at radius 2 is 1.69 bits per heavy atom. The van der Waals surface area contributed by atoms with Crippen LogP contribution in [0.4, 0.5) is 4.39 Å². The molecule has 1 aromatic rings. The Morgan fingerprint density at radius 3 is 2.31 bits per heavy atom. The molecule has 6 heteroatoms. The van der Waals surface area contributed by atoms with Crippen LogP contribution in [0.15, 0.2) is 24.3 Å². The van der Waals surface area contributed by atoms with Gasteiger partial charge in [-0.25, -0.2) is 9.18 Å². The standard InChI is InChI=1S/C26H36FNO4/c27-23-3-1-22(2-4-23)25(29)32-24(17-28-6-9-30-10-7-28)18-31-8-5-26-14-19-11-20(15-26)13-21(12-19)16-26/h1-4,19-21,24H,5-18H2/t19?,20?,21?,24-,26?/m0/s1. The van der Waals surface area contributed by atoms with Gasteiger partial charge in [0.25, 0.3) is 0 Å². The Morgan fingerprint density at radius 1 is 1.06 bits per heavy atom. The number of morpholine rings is 1. The molecule has 5 nitrogen and oxygen atoms in total. The fraction of sp³-hybridized carbons (Fsp3) is 0.731. The van der Waals surface area contributed by atoms with E-state index in [0.29, 0.717) is 37.3 Å². The van der Waals surface area contributed by atoms with Gasteiger partial charge in [-0.3, -0.25) is 4.90 Å². The maximum absolute atomic E-state index is 13.2. The largest absolute Gasteiger partial charge is 0.455 e. The van der Waals surface area contributed by atoms with Crippen molar-refractivity contribution in [3.63, 3.8) is 0 Å². The average Bonchev–Trinajstić information content (AvgIpc) is 2.77. The summed E-state index contributed by atoms with van der Waals surface area (Å²) < 4.78 is 30.6. The van der Waals surface area contributed by atoms with Crippen LogP contribution in [-0.2, 0) is 14.2 Å². The van der Waals surface area contributed by atoms with Crippen molar-refractivity contribution in [2.75, 3.05) is 46.1 Å². The Labute approximate surface area is 190 Å². The van der Waals surface area contributed by atoms with Gasteiger partial charge in [0.1, 0.15) is 11.9 Å². The van der Waals surface area contributed by atoms with Crippen molar-refractivity contribution in [3.8, 4) is 0 Å². The first-order valence-electron chi connectivity index (χ1n) is 12.4. The molecule has 1 atom stereocenters. The fourth-order valence-corrected chi connectivity index (χ4v) is 7.10. The molecule has 0 spiro atoms. The molecule has 4 bridgehead atoms. The first-order valence-corrected chi connectivity index (χ1v) is 12.4. The number of carbonyl (C=O) groups is 1. The average molecular weight is 446 g/mol. The van der Waals surface area contributed by atoms with Crippen LogP contribution in [-0.4, -0.2) is 63.0 Å². The monoisotopic (exact) mass is 445 g/mol. The van der Waals surface area contributed by atoms with Crippen molar-refractivity contribution in [2.24, 2.45) is 23.2 Å². The summed E-state index contributed by atoms with van der Waals surface area (Å²) in [7, 11) is 0. The molecule has 4 saturated carbocycles. The Balaban J connectivity index is 1.14. The lowest BCUT2D eigenvalue weighted by atomic mass is 9.49. The SMILES string of the molecule is O=C(O[C@H](COCCC12CC3CC(CC(C3)C1)C2)CN1CCOCC1)c1ccc(F)cc1. The third-order valence-electron chi connectivity index (χ3n) is 8.16. The van der Waals surface area contributed by atoms with Crippen LogP contribution in [0.5, 0.6) is 0 Å². The summed E-state index contributed by atoms with van der Waals surface area (Å²) in [5.41, 5.74) is 0.867. The van der Waals surface area contributed by atoms with Crippen molar-refractivity contribution in [2.45, 2.75) is 51.0 Å². The highest BCUT2D eigenvalue weighted by Gasteiger charge is 2.50. The van der Waals surface area contributed by atoms with E-state index in [0.717, 1.165) is 43.9 Å². The molecule has 32 heavy (non-hydrogen) atoms. The van der Waals surface area contributed by atoms with Gasteiger partial charge in [-0.15, -0.1) is 0 Å². The van der Waals surface area contributed by atoms with Crippen LogP contribution in [0.1, 0.15) is 55.3 Å². The summed E-state index contributed by atoms with van der Waals surface area (Å²) in [6.07, 6.45) is 9.33. The zero-order valence-corrected chi connectivity index (χ0v) is 19.0. The molecular formula is C26H36FNO4. The van der Waals surface area contributed by atoms with E-state index < -0.39 is 5.97 Å². The number of esters is 1. The molecule has 4 aliphatic carbocycles. The maximum Gasteiger partial charge on any atom is 0.338 e. The van der Waals surface area contributed by atoms with Crippen molar-refractivity contribution in [1.29, 1.82) is 0 Å². The summed E-state index contributed by atoms with van der Waals surface area (Å²) in [4.78, 5) is 14.9. The van der Waals surface area contributed by atoms with Crippen molar-refractivity contribution in [1.82, 2.24) is 4.90 Å². The van der Waals surface area contributed by atoms with E-state index in [2.05, 4.69) is 4.90 Å². The fourth-order valence-electron chi connectivity index (χ4n) is 7.10. The molecule has 0 N–H and O–H groups in total. The third kappa shape index (κ3) is 5.35. The van der Waals surface area contributed by atoms with Gasteiger partial charge in [0.05, 0.1) is 25.4 Å². The smallest absolute Gasteiger partial charge is 0.338 e. The van der Waals surface area contributed by atoms with Gasteiger partial charge in [-0.05, 0) is 92.4 Å². The van der Waals surface area contributed by atoms with Crippen LogP contribution in [0, 0.1) is 29.0 Å². The van der Waals surface area contributed by atoms with Gasteiger partial charge in [-0.2, -0.15) is 0 Å². The Kier molecular flexibility index (Phi) is 6.81. The number of ether oxygens (including phenoxy) is 3. The lowest BCUT2D eigenvalue weighted by Crippen LogP contribution is -2.46. The highest BCUT2D eigenvalue weighted by Crippen LogP contribution is 2.61. The molecule has 6 rings (SSSR count). The van der Waals surface area contributed by atoms with E-state index in [1.165, 1.54) is 62.8 Å². The number of rotatable bonds is 9. The highest BCUT2D eigenvalue weighted by atomic mass is 19.1. The zero-order chi connectivity index (χ0) is 22.0. The normalized spacial score (nSPS) is 32.7. The lowest BCUT2D eigenvalue weighted by molar-refractivity contribution is -0.0768. The van der Waals surface area contributed by atoms with E-state index in [9.17, 15) is 9.18 Å². The second-order valence-corrected chi connectivity index (χ2v) is 10.7. The van der Waals surface area contributed by atoms with E-state index in [1.54, 1.807) is 0 Å². The minimum Gasteiger partial charge on any atom is -0.455 e. The van der Waals surface area contributed by atoms with E-state index in [4.69, 9.17) is 14.2 Å². The van der Waals surface area contributed by atoms with Gasteiger partial charge in [0.2, 0.25) is 0 Å². The molecule has 5 aliphatic rings. The van der Waals surface area contributed by atoms with Crippen molar-refractivity contribution < 1.29 is 23.4 Å². The topological polar surface area (TPSA) is 48.0 Å². The van der Waals surface area contributed by atoms with Crippen molar-refractivity contribution >= 4 is 5.97 Å². The second kappa shape index (κ2) is 9.78. The summed E-state index contributed by atoms with van der Waals surface area (Å²) in [5, 5.41) is 0. The third-order valence-corrected chi connectivity index (χ3v) is 8.16. The minimum atomic E-state index is -0.423. The molecule has 1 heterocycles. The quantitative estimate of drug-likeness (QED) is 0.419.